The Kier molecular flexibility index (Phi) is 5.43. The smallest absolute Gasteiger partial charge is 0.270 e. The van der Waals surface area contributed by atoms with Crippen LogP contribution in [0, 0.1) is 6.92 Å². The van der Waals surface area contributed by atoms with Gasteiger partial charge in [-0.3, -0.25) is 4.79 Å². The molecule has 0 fully saturated rings. The Hall–Kier alpha value is -3.92. The van der Waals surface area contributed by atoms with E-state index in [4.69, 9.17) is 4.98 Å². The SMILES string of the molecule is Cc1ccc(CNC(=O)c2cc3c([nH]c4ccccc43)c(-c3ccc(C(C)C)cc3)n2)cc1. The summed E-state index contributed by atoms with van der Waals surface area (Å²) < 4.78 is 0. The number of nitrogens with zero attached hydrogens (tertiary/aromatic N) is 1. The lowest BCUT2D eigenvalue weighted by atomic mass is 9.99. The number of carbonyl (C=O) groups excluding carboxylic acids is 1. The van der Waals surface area contributed by atoms with E-state index in [-0.39, 0.29) is 5.91 Å². The van der Waals surface area contributed by atoms with Crippen LogP contribution in [-0.2, 0) is 6.54 Å². The van der Waals surface area contributed by atoms with Gasteiger partial charge in [-0.25, -0.2) is 4.98 Å². The van der Waals surface area contributed by atoms with Gasteiger partial charge in [0.05, 0.1) is 11.2 Å². The molecular weight excluding hydrogens is 406 g/mol. The number of rotatable bonds is 5. The van der Waals surface area contributed by atoms with Gasteiger partial charge in [0.25, 0.3) is 5.91 Å². The van der Waals surface area contributed by atoms with Crippen molar-refractivity contribution in [2.45, 2.75) is 33.2 Å². The standard InChI is InChI=1S/C29H27N3O/c1-18(2)21-12-14-22(15-13-21)27-28-24(23-6-4-5-7-25(23)31-28)16-26(32-27)29(33)30-17-20-10-8-19(3)9-11-20/h4-16,18,31H,17H2,1-3H3,(H,30,33). The van der Waals surface area contributed by atoms with Crippen molar-refractivity contribution in [1.82, 2.24) is 15.3 Å². The van der Waals surface area contributed by atoms with Crippen LogP contribution in [-0.4, -0.2) is 15.9 Å². The van der Waals surface area contributed by atoms with Gasteiger partial charge in [0.1, 0.15) is 5.69 Å². The number of nitrogens with one attached hydrogen (secondary N) is 2. The van der Waals surface area contributed by atoms with E-state index in [1.807, 2.05) is 30.3 Å². The van der Waals surface area contributed by atoms with Crippen molar-refractivity contribution in [3.63, 3.8) is 0 Å². The molecule has 3 aromatic carbocycles. The largest absolute Gasteiger partial charge is 0.353 e. The lowest BCUT2D eigenvalue weighted by Crippen LogP contribution is -2.24. The molecule has 0 saturated heterocycles. The summed E-state index contributed by atoms with van der Waals surface area (Å²) in [6, 6.07) is 26.7. The molecular formula is C29H27N3O. The van der Waals surface area contributed by atoms with Crippen molar-refractivity contribution in [3.8, 4) is 11.3 Å². The van der Waals surface area contributed by atoms with E-state index >= 15 is 0 Å². The van der Waals surface area contributed by atoms with Crippen LogP contribution in [0.5, 0.6) is 0 Å². The predicted molar refractivity (Wildman–Crippen MR) is 135 cm³/mol. The average molecular weight is 434 g/mol. The van der Waals surface area contributed by atoms with E-state index in [1.54, 1.807) is 0 Å². The molecule has 0 unspecified atom stereocenters. The first kappa shape index (κ1) is 21.0. The summed E-state index contributed by atoms with van der Waals surface area (Å²) in [6.45, 7) is 6.88. The van der Waals surface area contributed by atoms with E-state index in [9.17, 15) is 4.79 Å². The van der Waals surface area contributed by atoms with E-state index in [2.05, 4.69) is 79.6 Å². The second kappa shape index (κ2) is 8.55. The molecule has 5 aromatic rings. The Morgan fingerprint density at radius 2 is 1.67 bits per heavy atom. The molecule has 0 aliphatic heterocycles. The molecule has 0 saturated carbocycles. The third-order valence-electron chi connectivity index (χ3n) is 6.15. The molecule has 0 radical (unpaired) electrons. The fourth-order valence-electron chi connectivity index (χ4n) is 4.18. The number of pyridine rings is 1. The zero-order chi connectivity index (χ0) is 22.9. The number of fused-ring (bicyclic) bond motifs is 3. The van der Waals surface area contributed by atoms with Crippen molar-refractivity contribution in [2.24, 2.45) is 0 Å². The maximum atomic E-state index is 13.1. The van der Waals surface area contributed by atoms with Crippen molar-refractivity contribution in [1.29, 1.82) is 0 Å². The molecule has 0 atom stereocenters. The summed E-state index contributed by atoms with van der Waals surface area (Å²) in [7, 11) is 0. The normalized spacial score (nSPS) is 11.4. The molecule has 5 rings (SSSR count). The van der Waals surface area contributed by atoms with Gasteiger partial charge in [-0.1, -0.05) is 86.1 Å². The number of hydrogen-bond acceptors (Lipinski definition) is 2. The highest BCUT2D eigenvalue weighted by Crippen LogP contribution is 2.33. The highest BCUT2D eigenvalue weighted by molar-refractivity contribution is 6.13. The molecule has 164 valence electrons. The Morgan fingerprint density at radius 1 is 0.939 bits per heavy atom. The number of carbonyl (C=O) groups is 1. The average Bonchev–Trinajstić information content (AvgIpc) is 3.21. The van der Waals surface area contributed by atoms with Gasteiger partial charge in [-0.05, 0) is 36.1 Å². The summed E-state index contributed by atoms with van der Waals surface area (Å²) in [5.41, 5.74) is 7.72. The maximum Gasteiger partial charge on any atom is 0.270 e. The van der Waals surface area contributed by atoms with Gasteiger partial charge < -0.3 is 10.3 Å². The summed E-state index contributed by atoms with van der Waals surface area (Å²) in [5, 5.41) is 5.12. The quantitative estimate of drug-likeness (QED) is 0.322. The summed E-state index contributed by atoms with van der Waals surface area (Å²) in [5.74, 6) is 0.279. The van der Waals surface area contributed by atoms with Crippen LogP contribution in [0.3, 0.4) is 0 Å². The minimum atomic E-state index is -0.178. The van der Waals surface area contributed by atoms with Crippen LogP contribution in [0.2, 0.25) is 0 Å². The minimum absolute atomic E-state index is 0.178. The Bertz CT molecular complexity index is 1440. The molecule has 2 heterocycles. The molecule has 4 heteroatoms. The molecule has 2 N–H and O–H groups in total. The number of aromatic nitrogens is 2. The second-order valence-corrected chi connectivity index (χ2v) is 8.89. The molecule has 0 aliphatic carbocycles. The van der Waals surface area contributed by atoms with E-state index in [0.29, 0.717) is 18.2 Å². The van der Waals surface area contributed by atoms with Gasteiger partial charge in [-0.15, -0.1) is 0 Å². The van der Waals surface area contributed by atoms with Crippen LogP contribution in [0.1, 0.15) is 46.9 Å². The van der Waals surface area contributed by atoms with Crippen LogP contribution in [0.4, 0.5) is 0 Å². The zero-order valence-electron chi connectivity index (χ0n) is 19.1. The molecule has 0 aliphatic rings. The second-order valence-electron chi connectivity index (χ2n) is 8.89. The lowest BCUT2D eigenvalue weighted by molar-refractivity contribution is 0.0946. The van der Waals surface area contributed by atoms with Crippen molar-refractivity contribution < 1.29 is 4.79 Å². The third kappa shape index (κ3) is 4.12. The number of benzene rings is 3. The Balaban J connectivity index is 1.58. The molecule has 1 amide bonds. The number of H-pyrrole nitrogens is 1. The van der Waals surface area contributed by atoms with E-state index in [1.165, 1.54) is 11.1 Å². The zero-order valence-corrected chi connectivity index (χ0v) is 19.1. The Labute approximate surface area is 193 Å². The van der Waals surface area contributed by atoms with Gasteiger partial charge in [0.15, 0.2) is 0 Å². The third-order valence-corrected chi connectivity index (χ3v) is 6.15. The molecule has 4 nitrogen and oxygen atoms in total. The highest BCUT2D eigenvalue weighted by Gasteiger charge is 2.17. The van der Waals surface area contributed by atoms with E-state index in [0.717, 1.165) is 38.6 Å². The summed E-state index contributed by atoms with van der Waals surface area (Å²) in [6.07, 6.45) is 0. The summed E-state index contributed by atoms with van der Waals surface area (Å²) in [4.78, 5) is 21.5. The summed E-state index contributed by atoms with van der Waals surface area (Å²) >= 11 is 0. The predicted octanol–water partition coefficient (Wildman–Crippen LogP) is 6.74. The number of amides is 1. The molecule has 0 bridgehead atoms. The number of aryl methyl sites for hydroxylation is 1. The Morgan fingerprint density at radius 3 is 2.39 bits per heavy atom. The number of aromatic amines is 1. The van der Waals surface area contributed by atoms with Crippen LogP contribution in [0.15, 0.2) is 78.9 Å². The van der Waals surface area contributed by atoms with Gasteiger partial charge in [-0.2, -0.15) is 0 Å². The fraction of sp³-hybridized carbons (Fsp3) is 0.172. The van der Waals surface area contributed by atoms with Gasteiger partial charge in [0, 0.05) is 28.4 Å². The van der Waals surface area contributed by atoms with Crippen molar-refractivity contribution in [3.05, 3.63) is 101 Å². The van der Waals surface area contributed by atoms with Crippen LogP contribution >= 0.6 is 0 Å². The van der Waals surface area contributed by atoms with Gasteiger partial charge in [0.2, 0.25) is 0 Å². The van der Waals surface area contributed by atoms with E-state index < -0.39 is 0 Å². The first-order chi connectivity index (χ1) is 16.0. The van der Waals surface area contributed by atoms with Crippen LogP contribution in [0.25, 0.3) is 33.1 Å². The van der Waals surface area contributed by atoms with Crippen molar-refractivity contribution >= 4 is 27.7 Å². The van der Waals surface area contributed by atoms with Crippen LogP contribution < -0.4 is 5.32 Å². The topological polar surface area (TPSA) is 57.8 Å². The lowest BCUT2D eigenvalue weighted by Gasteiger charge is -2.10. The fourth-order valence-corrected chi connectivity index (χ4v) is 4.18. The monoisotopic (exact) mass is 433 g/mol. The van der Waals surface area contributed by atoms with Gasteiger partial charge >= 0.3 is 0 Å². The number of hydrogen-bond donors (Lipinski definition) is 2. The maximum absolute atomic E-state index is 13.1. The van der Waals surface area contributed by atoms with Crippen molar-refractivity contribution in [2.75, 3.05) is 0 Å². The molecule has 2 aromatic heterocycles. The first-order valence-corrected chi connectivity index (χ1v) is 11.3. The number of para-hydroxylation sites is 1. The molecule has 33 heavy (non-hydrogen) atoms. The minimum Gasteiger partial charge on any atom is -0.353 e. The highest BCUT2D eigenvalue weighted by atomic mass is 16.1. The molecule has 0 spiro atoms. The first-order valence-electron chi connectivity index (χ1n) is 11.3.